The summed E-state index contributed by atoms with van der Waals surface area (Å²) in [5.41, 5.74) is 3.80. The third-order valence-electron chi connectivity index (χ3n) is 8.39. The molecule has 4 rings (SSSR count). The van der Waals surface area contributed by atoms with Crippen LogP contribution in [0.25, 0.3) is 0 Å². The summed E-state index contributed by atoms with van der Waals surface area (Å²) in [5, 5.41) is 10.6. The fourth-order valence-electron chi connectivity index (χ4n) is 6.69. The molecule has 0 aromatic heterocycles. The van der Waals surface area contributed by atoms with Crippen molar-refractivity contribution in [3.05, 3.63) is 28.8 Å². The van der Waals surface area contributed by atoms with Gasteiger partial charge in [-0.25, -0.2) is 0 Å². The molecule has 168 valence electrons. The molecule has 7 heteroatoms. The second-order valence-electron chi connectivity index (χ2n) is 9.64. The van der Waals surface area contributed by atoms with Crippen molar-refractivity contribution < 1.29 is 22.8 Å². The normalized spacial score (nSPS) is 33.1. The van der Waals surface area contributed by atoms with Crippen molar-refractivity contribution in [1.82, 2.24) is 4.31 Å². The van der Waals surface area contributed by atoms with E-state index < -0.39 is 10.3 Å². The van der Waals surface area contributed by atoms with Gasteiger partial charge in [-0.15, -0.1) is 0 Å². The molecule has 0 amide bonds. The Morgan fingerprint density at radius 3 is 2.67 bits per heavy atom. The third kappa shape index (κ3) is 3.68. The standard InChI is InChI=1S/C23H35NO5S/c1-4-24(30(26,27)28)12-10-16-13-15-5-6-18-17(19(15)14-21(16)29-3)9-11-23(2)20(18)7-8-22(23)25/h13-14,17-18,20,22,25H,4-12H2,1-3H3,(H,26,27,28)/t17-,18+,20-,22-,23-/m0/s1. The summed E-state index contributed by atoms with van der Waals surface area (Å²) < 4.78 is 39.1. The molecular weight excluding hydrogens is 402 g/mol. The summed E-state index contributed by atoms with van der Waals surface area (Å²) in [6.07, 6.45) is 6.76. The van der Waals surface area contributed by atoms with E-state index in [9.17, 15) is 18.1 Å². The van der Waals surface area contributed by atoms with E-state index in [4.69, 9.17) is 4.74 Å². The van der Waals surface area contributed by atoms with E-state index in [1.165, 1.54) is 11.1 Å². The number of ether oxygens (including phenoxy) is 1. The number of likely N-dealkylation sites (N-methyl/N-ethyl adjacent to an activating group) is 1. The summed E-state index contributed by atoms with van der Waals surface area (Å²) in [4.78, 5) is 0. The topological polar surface area (TPSA) is 87.1 Å². The number of nitrogens with zero attached hydrogens (tertiary/aromatic N) is 1. The van der Waals surface area contributed by atoms with E-state index in [1.807, 2.05) is 0 Å². The average Bonchev–Trinajstić information content (AvgIpc) is 3.01. The zero-order valence-electron chi connectivity index (χ0n) is 18.3. The number of fused-ring (bicyclic) bond motifs is 5. The van der Waals surface area contributed by atoms with Crippen LogP contribution in [0.4, 0.5) is 0 Å². The lowest BCUT2D eigenvalue weighted by Gasteiger charge is -2.50. The molecule has 6 nitrogen and oxygen atoms in total. The molecule has 2 saturated carbocycles. The number of aliphatic hydroxyl groups is 1. The Kier molecular flexibility index (Phi) is 5.94. The van der Waals surface area contributed by atoms with Gasteiger partial charge in [0, 0.05) is 13.1 Å². The van der Waals surface area contributed by atoms with Gasteiger partial charge in [0.2, 0.25) is 0 Å². The molecule has 2 N–H and O–H groups in total. The Morgan fingerprint density at radius 2 is 2.00 bits per heavy atom. The molecule has 1 aromatic rings. The Balaban J connectivity index is 1.59. The van der Waals surface area contributed by atoms with E-state index >= 15 is 0 Å². The minimum Gasteiger partial charge on any atom is -0.496 e. The highest BCUT2D eigenvalue weighted by Crippen LogP contribution is 2.61. The van der Waals surface area contributed by atoms with Gasteiger partial charge < -0.3 is 9.84 Å². The fourth-order valence-corrected chi connectivity index (χ4v) is 7.34. The largest absolute Gasteiger partial charge is 0.496 e. The number of hydrogen-bond donors (Lipinski definition) is 2. The van der Waals surface area contributed by atoms with Crippen molar-refractivity contribution in [2.24, 2.45) is 17.3 Å². The highest BCUT2D eigenvalue weighted by atomic mass is 32.2. The highest BCUT2D eigenvalue weighted by molar-refractivity contribution is 7.83. The van der Waals surface area contributed by atoms with Crippen LogP contribution in [0.15, 0.2) is 12.1 Å². The van der Waals surface area contributed by atoms with Crippen LogP contribution in [-0.4, -0.2) is 48.7 Å². The molecule has 0 heterocycles. The van der Waals surface area contributed by atoms with Crippen LogP contribution >= 0.6 is 0 Å². The summed E-state index contributed by atoms with van der Waals surface area (Å²) in [7, 11) is -2.52. The first kappa shape index (κ1) is 22.1. The quantitative estimate of drug-likeness (QED) is 0.664. The third-order valence-corrected chi connectivity index (χ3v) is 9.48. The van der Waals surface area contributed by atoms with Crippen molar-refractivity contribution >= 4 is 10.3 Å². The molecule has 3 aliphatic carbocycles. The van der Waals surface area contributed by atoms with Gasteiger partial charge in [-0.2, -0.15) is 12.7 Å². The van der Waals surface area contributed by atoms with Crippen molar-refractivity contribution in [2.75, 3.05) is 20.2 Å². The van der Waals surface area contributed by atoms with Crippen LogP contribution in [0.2, 0.25) is 0 Å². The van der Waals surface area contributed by atoms with Crippen LogP contribution in [0, 0.1) is 17.3 Å². The number of aliphatic hydroxyl groups excluding tert-OH is 1. The summed E-state index contributed by atoms with van der Waals surface area (Å²) in [6, 6.07) is 4.37. The molecule has 3 aliphatic rings. The molecule has 0 unspecified atom stereocenters. The van der Waals surface area contributed by atoms with Crippen LogP contribution < -0.4 is 4.74 Å². The first-order valence-electron chi connectivity index (χ1n) is 11.3. The molecule has 0 saturated heterocycles. The van der Waals surface area contributed by atoms with Gasteiger partial charge in [-0.3, -0.25) is 4.55 Å². The Labute approximate surface area is 180 Å². The SMILES string of the molecule is CCN(CCc1cc2c(cc1OC)[C@H]1CC[C@]3(C)[C@@H](O)CC[C@H]3[C@@H]1CC2)S(=O)(=O)O. The zero-order chi connectivity index (χ0) is 21.7. The van der Waals surface area contributed by atoms with E-state index in [0.29, 0.717) is 24.2 Å². The van der Waals surface area contributed by atoms with Gasteiger partial charge in [-0.05, 0) is 90.9 Å². The second kappa shape index (κ2) is 8.08. The monoisotopic (exact) mass is 437 g/mol. The molecule has 5 atom stereocenters. The minimum atomic E-state index is -4.18. The van der Waals surface area contributed by atoms with Crippen molar-refractivity contribution in [1.29, 1.82) is 0 Å². The number of hydrogen-bond acceptors (Lipinski definition) is 4. The fraction of sp³-hybridized carbons (Fsp3) is 0.739. The van der Waals surface area contributed by atoms with Crippen LogP contribution in [0.5, 0.6) is 5.75 Å². The molecule has 0 spiro atoms. The molecule has 0 bridgehead atoms. The maximum absolute atomic E-state index is 11.5. The van der Waals surface area contributed by atoms with E-state index in [-0.39, 0.29) is 24.6 Å². The molecule has 1 aromatic carbocycles. The lowest BCUT2D eigenvalue weighted by Crippen LogP contribution is -2.43. The van der Waals surface area contributed by atoms with Crippen molar-refractivity contribution in [3.8, 4) is 5.75 Å². The lowest BCUT2D eigenvalue weighted by molar-refractivity contribution is -0.0226. The molecular formula is C23H35NO5S. The van der Waals surface area contributed by atoms with Gasteiger partial charge in [0.1, 0.15) is 5.75 Å². The number of aryl methyl sites for hydroxylation is 1. The van der Waals surface area contributed by atoms with Gasteiger partial charge in [0.15, 0.2) is 0 Å². The van der Waals surface area contributed by atoms with Gasteiger partial charge >= 0.3 is 10.3 Å². The van der Waals surface area contributed by atoms with Crippen molar-refractivity contribution in [2.45, 2.75) is 70.8 Å². The summed E-state index contributed by atoms with van der Waals surface area (Å²) in [5.74, 6) is 2.54. The molecule has 30 heavy (non-hydrogen) atoms. The first-order valence-corrected chi connectivity index (χ1v) is 12.7. The maximum atomic E-state index is 11.5. The molecule has 2 fully saturated rings. The summed E-state index contributed by atoms with van der Waals surface area (Å²) in [6.45, 7) is 4.48. The highest BCUT2D eigenvalue weighted by Gasteiger charge is 2.54. The van der Waals surface area contributed by atoms with Crippen molar-refractivity contribution in [3.63, 3.8) is 0 Å². The van der Waals surface area contributed by atoms with Gasteiger partial charge in [0.05, 0.1) is 13.2 Å². The van der Waals surface area contributed by atoms with Crippen LogP contribution in [-0.2, 0) is 23.1 Å². The first-order chi connectivity index (χ1) is 14.2. The second-order valence-corrected chi connectivity index (χ2v) is 11.0. The number of methoxy groups -OCH3 is 1. The van der Waals surface area contributed by atoms with Gasteiger partial charge in [-0.1, -0.05) is 19.9 Å². The zero-order valence-corrected chi connectivity index (χ0v) is 19.1. The Hall–Kier alpha value is -1.15. The average molecular weight is 438 g/mol. The predicted octanol–water partition coefficient (Wildman–Crippen LogP) is 3.58. The number of benzene rings is 1. The smallest absolute Gasteiger partial charge is 0.335 e. The Bertz CT molecular complexity index is 901. The Morgan fingerprint density at radius 1 is 1.23 bits per heavy atom. The lowest BCUT2D eigenvalue weighted by atomic mass is 9.55. The van der Waals surface area contributed by atoms with E-state index in [1.54, 1.807) is 14.0 Å². The predicted molar refractivity (Wildman–Crippen MR) is 116 cm³/mol. The summed E-state index contributed by atoms with van der Waals surface area (Å²) >= 11 is 0. The molecule has 0 aliphatic heterocycles. The van der Waals surface area contributed by atoms with E-state index in [0.717, 1.165) is 54.1 Å². The van der Waals surface area contributed by atoms with E-state index in [2.05, 4.69) is 19.1 Å². The maximum Gasteiger partial charge on any atom is 0.335 e. The number of rotatable bonds is 6. The molecule has 0 radical (unpaired) electrons. The van der Waals surface area contributed by atoms with Crippen LogP contribution in [0.3, 0.4) is 0 Å². The minimum absolute atomic E-state index is 0.0715. The van der Waals surface area contributed by atoms with Crippen LogP contribution in [0.1, 0.15) is 68.6 Å². The van der Waals surface area contributed by atoms with Gasteiger partial charge in [0.25, 0.3) is 0 Å².